The van der Waals surface area contributed by atoms with E-state index in [1.807, 2.05) is 24.1 Å². The van der Waals surface area contributed by atoms with E-state index in [0.29, 0.717) is 22.9 Å². The SMILES string of the molecule is Cn1cc(-c2cnn3c(CCCCCCO[C@H]4CC[C@H]5[C@@H]6CC[C@H]7CC(O)CC[C@]7(C)[C@H]6CC[C@]45C)c(Br)c(C4CCCCC4)nc23)cn1. The van der Waals surface area contributed by atoms with Crippen molar-refractivity contribution in [2.24, 2.45) is 41.5 Å². The lowest BCUT2D eigenvalue weighted by Crippen LogP contribution is -2.54. The Kier molecular flexibility index (Phi) is 9.80. The average molecular weight is 735 g/mol. The molecule has 0 amide bonds. The van der Waals surface area contributed by atoms with Crippen molar-refractivity contribution in [2.45, 2.75) is 154 Å². The normalized spacial score (nSPS) is 35.0. The van der Waals surface area contributed by atoms with Crippen LogP contribution < -0.4 is 0 Å². The first kappa shape index (κ1) is 34.3. The molecule has 0 radical (unpaired) electrons. The van der Waals surface area contributed by atoms with Crippen molar-refractivity contribution in [2.75, 3.05) is 6.61 Å². The fourth-order valence-electron chi connectivity index (χ4n) is 12.1. The topological polar surface area (TPSA) is 77.5 Å². The van der Waals surface area contributed by atoms with Crippen molar-refractivity contribution in [3.8, 4) is 11.1 Å². The Morgan fingerprint density at radius 3 is 2.49 bits per heavy atom. The van der Waals surface area contributed by atoms with Crippen LogP contribution in [0.15, 0.2) is 23.1 Å². The van der Waals surface area contributed by atoms with Gasteiger partial charge in [-0.2, -0.15) is 10.2 Å². The summed E-state index contributed by atoms with van der Waals surface area (Å²) >= 11 is 4.05. The van der Waals surface area contributed by atoms with Crippen molar-refractivity contribution in [1.82, 2.24) is 24.4 Å². The lowest BCUT2D eigenvalue weighted by Gasteiger charge is -2.60. The van der Waals surface area contributed by atoms with Crippen LogP contribution in [0.3, 0.4) is 0 Å². The van der Waals surface area contributed by atoms with E-state index in [2.05, 4.69) is 45.6 Å². The van der Waals surface area contributed by atoms with Crippen LogP contribution in [0.4, 0.5) is 0 Å². The molecule has 268 valence electrons. The predicted octanol–water partition coefficient (Wildman–Crippen LogP) is 9.83. The van der Waals surface area contributed by atoms with Gasteiger partial charge in [0.05, 0.1) is 40.5 Å². The van der Waals surface area contributed by atoms with Gasteiger partial charge in [0.25, 0.3) is 0 Å². The fourth-order valence-corrected chi connectivity index (χ4v) is 12.9. The quantitative estimate of drug-likeness (QED) is 0.210. The van der Waals surface area contributed by atoms with Crippen LogP contribution in [0.2, 0.25) is 0 Å². The Morgan fingerprint density at radius 2 is 1.67 bits per heavy atom. The molecule has 3 heterocycles. The highest BCUT2D eigenvalue weighted by molar-refractivity contribution is 9.10. The number of rotatable bonds is 10. The number of aliphatic hydroxyl groups excluding tert-OH is 1. The van der Waals surface area contributed by atoms with Gasteiger partial charge in [0.1, 0.15) is 0 Å². The molecular formula is C41H60BrN5O2. The molecule has 49 heavy (non-hydrogen) atoms. The maximum atomic E-state index is 10.4. The predicted molar refractivity (Wildman–Crippen MR) is 198 cm³/mol. The monoisotopic (exact) mass is 733 g/mol. The number of hydrogen-bond donors (Lipinski definition) is 1. The van der Waals surface area contributed by atoms with E-state index in [9.17, 15) is 5.11 Å². The van der Waals surface area contributed by atoms with Gasteiger partial charge in [0.2, 0.25) is 0 Å². The average Bonchev–Trinajstić information content (AvgIpc) is 3.82. The van der Waals surface area contributed by atoms with Gasteiger partial charge in [-0.15, -0.1) is 0 Å². The lowest BCUT2D eigenvalue weighted by atomic mass is 9.45. The number of aromatic nitrogens is 5. The molecule has 1 unspecified atom stereocenters. The van der Waals surface area contributed by atoms with Gasteiger partial charge in [-0.1, -0.05) is 46.0 Å². The molecule has 0 bridgehead atoms. The van der Waals surface area contributed by atoms with Crippen LogP contribution in [-0.2, 0) is 18.2 Å². The molecule has 1 N–H and O–H groups in total. The second kappa shape index (κ2) is 14.0. The third-order valence-corrected chi connectivity index (χ3v) is 15.8. The second-order valence-electron chi connectivity index (χ2n) is 17.5. The number of aryl methyl sites for hydroxylation is 2. The number of nitrogens with zero attached hydrogens (tertiary/aromatic N) is 5. The molecule has 0 spiro atoms. The summed E-state index contributed by atoms with van der Waals surface area (Å²) in [5.74, 6) is 3.82. The Hall–Kier alpha value is -1.77. The molecule has 0 saturated heterocycles. The summed E-state index contributed by atoms with van der Waals surface area (Å²) in [6.07, 6.45) is 29.8. The highest BCUT2D eigenvalue weighted by atomic mass is 79.9. The summed E-state index contributed by atoms with van der Waals surface area (Å²) < 4.78 is 11.9. The summed E-state index contributed by atoms with van der Waals surface area (Å²) in [4.78, 5) is 5.28. The Bertz CT molecular complexity index is 1610. The standard InChI is InChI=1S/C41H60BrN5O2/c1-40-20-18-30(48)23-29(40)14-15-31-33-16-17-36(41(33,2)21-19-34(31)40)49-22-10-5-4-9-13-35-37(42)38(27-11-7-6-8-12-27)45-39-32(25-44-47(35)39)28-24-43-46(3)26-28/h24-27,29-31,33-34,36,48H,4-23H2,1-3H3/t29-,30?,31-,33-,34-,36-,40-,41-/m0/s1. The maximum absolute atomic E-state index is 10.4. The highest BCUT2D eigenvalue weighted by Gasteiger charge is 2.60. The van der Waals surface area contributed by atoms with E-state index in [-0.39, 0.29) is 6.10 Å². The summed E-state index contributed by atoms with van der Waals surface area (Å²) in [6, 6.07) is 0. The highest BCUT2D eigenvalue weighted by Crippen LogP contribution is 2.66. The van der Waals surface area contributed by atoms with Crippen LogP contribution in [0.5, 0.6) is 0 Å². The molecule has 8 rings (SSSR count). The van der Waals surface area contributed by atoms with Crippen molar-refractivity contribution >= 4 is 21.6 Å². The smallest absolute Gasteiger partial charge is 0.163 e. The molecule has 5 aliphatic carbocycles. The van der Waals surface area contributed by atoms with Gasteiger partial charge in [0, 0.05) is 36.9 Å². The third-order valence-electron chi connectivity index (χ3n) is 14.9. The van der Waals surface area contributed by atoms with E-state index < -0.39 is 0 Å². The Morgan fingerprint density at radius 1 is 0.878 bits per heavy atom. The van der Waals surface area contributed by atoms with E-state index in [1.165, 1.54) is 106 Å². The van der Waals surface area contributed by atoms with Gasteiger partial charge < -0.3 is 9.84 Å². The number of fused-ring (bicyclic) bond motifs is 6. The molecule has 5 aliphatic rings. The summed E-state index contributed by atoms with van der Waals surface area (Å²) in [6.45, 7) is 6.10. The van der Waals surface area contributed by atoms with Crippen LogP contribution in [0, 0.1) is 34.5 Å². The number of halogens is 1. The zero-order chi connectivity index (χ0) is 33.8. The zero-order valence-corrected chi connectivity index (χ0v) is 32.0. The van der Waals surface area contributed by atoms with Gasteiger partial charge in [-0.25, -0.2) is 9.50 Å². The van der Waals surface area contributed by atoms with Crippen LogP contribution in [0.25, 0.3) is 16.8 Å². The van der Waals surface area contributed by atoms with Gasteiger partial charge >= 0.3 is 0 Å². The minimum Gasteiger partial charge on any atom is -0.393 e. The zero-order valence-electron chi connectivity index (χ0n) is 30.4. The first-order chi connectivity index (χ1) is 23.8. The van der Waals surface area contributed by atoms with Crippen LogP contribution in [-0.4, -0.2) is 48.3 Å². The molecule has 7 nitrogen and oxygen atoms in total. The molecule has 0 aliphatic heterocycles. The van der Waals surface area contributed by atoms with Gasteiger partial charge in [-0.05, 0) is 140 Å². The van der Waals surface area contributed by atoms with Crippen LogP contribution >= 0.6 is 15.9 Å². The number of hydrogen-bond acceptors (Lipinski definition) is 5. The molecule has 8 heteroatoms. The first-order valence-electron chi connectivity index (χ1n) is 20.1. The second-order valence-corrected chi connectivity index (χ2v) is 18.3. The number of aliphatic hydroxyl groups is 1. The molecule has 3 aromatic rings. The Balaban J connectivity index is 0.863. The van der Waals surface area contributed by atoms with Crippen LogP contribution in [0.1, 0.15) is 147 Å². The maximum Gasteiger partial charge on any atom is 0.163 e. The minimum atomic E-state index is -0.0529. The largest absolute Gasteiger partial charge is 0.393 e. The molecule has 5 saturated carbocycles. The molecule has 8 atom stereocenters. The number of ether oxygens (including phenoxy) is 1. The van der Waals surface area contributed by atoms with Crippen molar-refractivity contribution < 1.29 is 9.84 Å². The third kappa shape index (κ3) is 6.26. The Labute approximate surface area is 302 Å². The summed E-state index contributed by atoms with van der Waals surface area (Å²) in [7, 11) is 1.97. The van der Waals surface area contributed by atoms with Crippen molar-refractivity contribution in [3.63, 3.8) is 0 Å². The fraction of sp³-hybridized carbons (Fsp3) is 0.780. The van der Waals surface area contributed by atoms with Gasteiger partial charge in [0.15, 0.2) is 5.65 Å². The summed E-state index contributed by atoms with van der Waals surface area (Å²) in [5, 5.41) is 19.7. The van der Waals surface area contributed by atoms with E-state index >= 15 is 0 Å². The molecule has 3 aromatic heterocycles. The minimum absolute atomic E-state index is 0.0529. The first-order valence-corrected chi connectivity index (χ1v) is 20.9. The lowest BCUT2D eigenvalue weighted by molar-refractivity contribution is -0.141. The van der Waals surface area contributed by atoms with Gasteiger partial charge in [-0.3, -0.25) is 4.68 Å². The van der Waals surface area contributed by atoms with E-state index in [4.69, 9.17) is 14.8 Å². The van der Waals surface area contributed by atoms with Crippen molar-refractivity contribution in [1.29, 1.82) is 0 Å². The number of unbranched alkanes of at least 4 members (excludes halogenated alkanes) is 3. The van der Waals surface area contributed by atoms with E-state index in [0.717, 1.165) is 79.2 Å². The molecule has 0 aromatic carbocycles. The van der Waals surface area contributed by atoms with E-state index in [1.54, 1.807) is 0 Å². The molecular weight excluding hydrogens is 674 g/mol. The molecule has 5 fully saturated rings. The van der Waals surface area contributed by atoms with Crippen molar-refractivity contribution in [3.05, 3.63) is 34.5 Å². The summed E-state index contributed by atoms with van der Waals surface area (Å²) in [5.41, 5.74) is 6.43.